The van der Waals surface area contributed by atoms with Crippen LogP contribution >= 0.6 is 27.3 Å². The van der Waals surface area contributed by atoms with Gasteiger partial charge in [-0.1, -0.05) is 19.8 Å². The van der Waals surface area contributed by atoms with Gasteiger partial charge in [0.15, 0.2) is 0 Å². The third-order valence-electron chi connectivity index (χ3n) is 1.83. The first-order chi connectivity index (χ1) is 5.74. The Bertz CT molecular complexity index is 234. The van der Waals surface area contributed by atoms with Crippen LogP contribution in [0.3, 0.4) is 0 Å². The third-order valence-corrected chi connectivity index (χ3v) is 3.58. The van der Waals surface area contributed by atoms with Gasteiger partial charge in [-0.05, 0) is 34.5 Å². The summed E-state index contributed by atoms with van der Waals surface area (Å²) in [5.74, 6) is 0. The molecule has 1 heterocycles. The van der Waals surface area contributed by atoms with E-state index in [1.165, 1.54) is 21.5 Å². The Morgan fingerprint density at radius 1 is 1.58 bits per heavy atom. The molecule has 1 aromatic rings. The summed E-state index contributed by atoms with van der Waals surface area (Å²) in [6.07, 6.45) is 3.54. The molecule has 0 aliphatic rings. The fourth-order valence-electron chi connectivity index (χ4n) is 1.09. The first-order valence-corrected chi connectivity index (χ1v) is 5.85. The third kappa shape index (κ3) is 2.88. The van der Waals surface area contributed by atoms with Crippen molar-refractivity contribution in [2.24, 2.45) is 5.73 Å². The zero-order valence-corrected chi connectivity index (χ0v) is 9.62. The topological polar surface area (TPSA) is 26.0 Å². The summed E-state index contributed by atoms with van der Waals surface area (Å²) in [7, 11) is 0. The molecule has 12 heavy (non-hydrogen) atoms. The fraction of sp³-hybridized carbons (Fsp3) is 0.556. The summed E-state index contributed by atoms with van der Waals surface area (Å²) >= 11 is 5.17. The molecule has 0 aromatic carbocycles. The Kier molecular flexibility index (Phi) is 4.26. The maximum atomic E-state index is 5.98. The molecule has 2 N–H and O–H groups in total. The molecule has 0 amide bonds. The van der Waals surface area contributed by atoms with E-state index in [4.69, 9.17) is 5.73 Å². The van der Waals surface area contributed by atoms with E-state index in [0.29, 0.717) is 0 Å². The number of nitrogens with two attached hydrogens (primary N) is 1. The Balaban J connectivity index is 2.47. The van der Waals surface area contributed by atoms with Crippen LogP contribution < -0.4 is 5.73 Å². The van der Waals surface area contributed by atoms with Crippen molar-refractivity contribution in [3.63, 3.8) is 0 Å². The van der Waals surface area contributed by atoms with Crippen molar-refractivity contribution in [2.75, 3.05) is 0 Å². The highest BCUT2D eigenvalue weighted by Gasteiger charge is 2.06. The number of hydrogen-bond donors (Lipinski definition) is 1. The maximum Gasteiger partial charge on any atom is 0.0701 e. The molecule has 0 fully saturated rings. The second kappa shape index (κ2) is 5.00. The van der Waals surface area contributed by atoms with Gasteiger partial charge in [0.1, 0.15) is 0 Å². The molecule has 0 aliphatic heterocycles. The molecule has 0 saturated heterocycles. The number of unbranched alkanes of at least 4 members (excludes halogenated alkanes) is 1. The summed E-state index contributed by atoms with van der Waals surface area (Å²) < 4.78 is 1.17. The van der Waals surface area contributed by atoms with E-state index in [9.17, 15) is 0 Å². The Morgan fingerprint density at radius 2 is 2.33 bits per heavy atom. The van der Waals surface area contributed by atoms with Crippen LogP contribution in [0.4, 0.5) is 0 Å². The van der Waals surface area contributed by atoms with Gasteiger partial charge in [0.2, 0.25) is 0 Å². The summed E-state index contributed by atoms with van der Waals surface area (Å²) in [5, 5.41) is 0. The van der Waals surface area contributed by atoms with Gasteiger partial charge in [-0.15, -0.1) is 11.3 Å². The summed E-state index contributed by atoms with van der Waals surface area (Å²) in [4.78, 5) is 1.29. The van der Waals surface area contributed by atoms with Gasteiger partial charge in [-0.2, -0.15) is 0 Å². The highest BCUT2D eigenvalue weighted by molar-refractivity contribution is 9.11. The molecule has 1 atom stereocenters. The molecule has 0 saturated carbocycles. The lowest BCUT2D eigenvalue weighted by atomic mass is 10.1. The zero-order chi connectivity index (χ0) is 8.97. The van der Waals surface area contributed by atoms with Gasteiger partial charge in [-0.3, -0.25) is 0 Å². The normalized spacial score (nSPS) is 13.2. The summed E-state index contributed by atoms with van der Waals surface area (Å²) in [5.41, 5.74) is 5.98. The minimum Gasteiger partial charge on any atom is -0.323 e. The smallest absolute Gasteiger partial charge is 0.0701 e. The first-order valence-electron chi connectivity index (χ1n) is 4.25. The molecular formula is C9H14BrNS. The largest absolute Gasteiger partial charge is 0.323 e. The lowest BCUT2D eigenvalue weighted by Gasteiger charge is -2.07. The molecule has 0 radical (unpaired) electrons. The van der Waals surface area contributed by atoms with Crippen LogP contribution in [0.15, 0.2) is 15.9 Å². The molecule has 0 spiro atoms. The van der Waals surface area contributed by atoms with Crippen molar-refractivity contribution >= 4 is 27.3 Å². The van der Waals surface area contributed by atoms with Crippen LogP contribution in [0.25, 0.3) is 0 Å². The van der Waals surface area contributed by atoms with Crippen molar-refractivity contribution in [3.05, 3.63) is 20.8 Å². The lowest BCUT2D eigenvalue weighted by Crippen LogP contribution is -2.07. The van der Waals surface area contributed by atoms with Crippen LogP contribution in [0.2, 0.25) is 0 Å². The minimum atomic E-state index is 0.237. The fourth-order valence-corrected chi connectivity index (χ4v) is 2.55. The van der Waals surface area contributed by atoms with Gasteiger partial charge in [0.05, 0.1) is 3.79 Å². The van der Waals surface area contributed by atoms with Gasteiger partial charge >= 0.3 is 0 Å². The van der Waals surface area contributed by atoms with E-state index < -0.39 is 0 Å². The van der Waals surface area contributed by atoms with Crippen LogP contribution in [-0.2, 0) is 0 Å². The van der Waals surface area contributed by atoms with Crippen molar-refractivity contribution in [3.8, 4) is 0 Å². The Labute approximate surface area is 86.1 Å². The van der Waals surface area contributed by atoms with Gasteiger partial charge in [-0.25, -0.2) is 0 Å². The average Bonchev–Trinajstić information content (AvgIpc) is 2.47. The molecule has 3 heteroatoms. The van der Waals surface area contributed by atoms with E-state index in [-0.39, 0.29) is 6.04 Å². The number of hydrogen-bond acceptors (Lipinski definition) is 2. The Hall–Kier alpha value is 0.140. The van der Waals surface area contributed by atoms with E-state index in [0.717, 1.165) is 6.42 Å². The van der Waals surface area contributed by atoms with Crippen LogP contribution in [0.1, 0.15) is 37.1 Å². The average molecular weight is 248 g/mol. The molecule has 0 unspecified atom stereocenters. The second-order valence-corrected chi connectivity index (χ2v) is 5.39. The molecule has 1 aromatic heterocycles. The van der Waals surface area contributed by atoms with E-state index in [1.807, 2.05) is 0 Å². The number of thiophene rings is 1. The molecule has 0 bridgehead atoms. The number of rotatable bonds is 4. The monoisotopic (exact) mass is 247 g/mol. The van der Waals surface area contributed by atoms with E-state index >= 15 is 0 Å². The lowest BCUT2D eigenvalue weighted by molar-refractivity contribution is 0.611. The van der Waals surface area contributed by atoms with E-state index in [2.05, 4.69) is 35.0 Å². The summed E-state index contributed by atoms with van der Waals surface area (Å²) in [6.45, 7) is 2.19. The predicted molar refractivity (Wildman–Crippen MR) is 58.5 cm³/mol. The van der Waals surface area contributed by atoms with Crippen LogP contribution in [-0.4, -0.2) is 0 Å². The van der Waals surface area contributed by atoms with Crippen molar-refractivity contribution < 1.29 is 0 Å². The SMILES string of the molecule is CCCC[C@H](N)c1ccc(Br)s1. The standard InChI is InChI=1S/C9H14BrNS/c1-2-3-4-7(11)8-5-6-9(10)12-8/h5-7H,2-4,11H2,1H3/t7-/m0/s1. The van der Waals surface area contributed by atoms with Crippen molar-refractivity contribution in [2.45, 2.75) is 32.2 Å². The number of halogens is 1. The van der Waals surface area contributed by atoms with Gasteiger partial charge in [0, 0.05) is 10.9 Å². The minimum absolute atomic E-state index is 0.237. The highest BCUT2D eigenvalue weighted by atomic mass is 79.9. The van der Waals surface area contributed by atoms with Crippen LogP contribution in [0.5, 0.6) is 0 Å². The van der Waals surface area contributed by atoms with E-state index in [1.54, 1.807) is 11.3 Å². The Morgan fingerprint density at radius 3 is 2.83 bits per heavy atom. The molecule has 1 nitrogen and oxygen atoms in total. The van der Waals surface area contributed by atoms with Crippen molar-refractivity contribution in [1.82, 2.24) is 0 Å². The van der Waals surface area contributed by atoms with Gasteiger partial charge < -0.3 is 5.73 Å². The summed E-state index contributed by atoms with van der Waals surface area (Å²) in [6, 6.07) is 4.40. The first kappa shape index (κ1) is 10.2. The quantitative estimate of drug-likeness (QED) is 0.863. The molecule has 1 rings (SSSR count). The highest BCUT2D eigenvalue weighted by Crippen LogP contribution is 2.28. The zero-order valence-electron chi connectivity index (χ0n) is 7.22. The predicted octanol–water partition coefficient (Wildman–Crippen LogP) is 3.70. The second-order valence-electron chi connectivity index (χ2n) is 2.89. The van der Waals surface area contributed by atoms with Gasteiger partial charge in [0.25, 0.3) is 0 Å². The molecule has 0 aliphatic carbocycles. The maximum absolute atomic E-state index is 5.98. The van der Waals surface area contributed by atoms with Crippen LogP contribution in [0, 0.1) is 0 Å². The molecule has 68 valence electrons. The molecular weight excluding hydrogens is 234 g/mol. The van der Waals surface area contributed by atoms with Crippen molar-refractivity contribution in [1.29, 1.82) is 0 Å².